The summed E-state index contributed by atoms with van der Waals surface area (Å²) in [6.45, 7) is 4.56. The summed E-state index contributed by atoms with van der Waals surface area (Å²) in [4.78, 5) is 12.0. The monoisotopic (exact) mass is 289 g/mol. The van der Waals surface area contributed by atoms with Crippen LogP contribution in [-0.4, -0.2) is 24.2 Å². The fraction of sp³-hybridized carbons (Fsp3) is 0.333. The number of nitrogens with zero attached hydrogens (tertiary/aromatic N) is 1. The van der Waals surface area contributed by atoms with E-state index in [4.69, 9.17) is 15.0 Å². The molecule has 0 saturated heterocycles. The number of aryl methyl sites for hydroxylation is 2. The van der Waals surface area contributed by atoms with Gasteiger partial charge in [0, 0.05) is 17.8 Å². The zero-order valence-electron chi connectivity index (χ0n) is 12.2. The fourth-order valence-electron chi connectivity index (χ4n) is 1.93. The third-order valence-electron chi connectivity index (χ3n) is 3.04. The van der Waals surface area contributed by atoms with Crippen LogP contribution in [-0.2, 0) is 11.2 Å². The molecule has 21 heavy (non-hydrogen) atoms. The normalized spacial score (nSPS) is 10.4. The molecule has 1 aromatic carbocycles. The Hall–Kier alpha value is -2.34. The standard InChI is InChI=1S/C15H19N3O3/c1-10-14(11(2)21-18-10)9-15(19)17-12-3-5-13(6-4-12)20-8-7-16/h3-6H,7-9,16H2,1-2H3,(H,17,19). The predicted octanol–water partition coefficient (Wildman–Crippen LogP) is 1.81. The number of amides is 1. The maximum absolute atomic E-state index is 12.0. The van der Waals surface area contributed by atoms with Gasteiger partial charge in [-0.25, -0.2) is 0 Å². The van der Waals surface area contributed by atoms with Gasteiger partial charge in [-0.2, -0.15) is 0 Å². The zero-order chi connectivity index (χ0) is 15.2. The van der Waals surface area contributed by atoms with Gasteiger partial charge >= 0.3 is 0 Å². The summed E-state index contributed by atoms with van der Waals surface area (Å²) < 4.78 is 10.4. The topological polar surface area (TPSA) is 90.4 Å². The lowest BCUT2D eigenvalue weighted by Gasteiger charge is -2.07. The molecule has 0 aliphatic rings. The first kappa shape index (κ1) is 15.1. The number of hydrogen-bond donors (Lipinski definition) is 2. The molecule has 0 radical (unpaired) electrons. The molecule has 0 bridgehead atoms. The largest absolute Gasteiger partial charge is 0.492 e. The van der Waals surface area contributed by atoms with Gasteiger partial charge in [0.25, 0.3) is 0 Å². The first-order chi connectivity index (χ1) is 10.1. The van der Waals surface area contributed by atoms with Crippen molar-refractivity contribution >= 4 is 11.6 Å². The highest BCUT2D eigenvalue weighted by Crippen LogP contribution is 2.17. The molecule has 112 valence electrons. The van der Waals surface area contributed by atoms with Crippen molar-refractivity contribution in [3.63, 3.8) is 0 Å². The van der Waals surface area contributed by atoms with E-state index in [1.807, 2.05) is 6.92 Å². The summed E-state index contributed by atoms with van der Waals surface area (Å²) in [6.07, 6.45) is 0.243. The van der Waals surface area contributed by atoms with Crippen LogP contribution in [0.2, 0.25) is 0 Å². The SMILES string of the molecule is Cc1noc(C)c1CC(=O)Nc1ccc(OCCN)cc1. The molecule has 3 N–H and O–H groups in total. The van der Waals surface area contributed by atoms with Crippen LogP contribution in [0.25, 0.3) is 0 Å². The highest BCUT2D eigenvalue weighted by Gasteiger charge is 2.13. The molecule has 0 spiro atoms. The number of carbonyl (C=O) groups excluding carboxylic acids is 1. The van der Waals surface area contributed by atoms with Gasteiger partial charge in [-0.05, 0) is 38.1 Å². The Balaban J connectivity index is 1.93. The number of nitrogens with one attached hydrogen (secondary N) is 1. The minimum atomic E-state index is -0.111. The van der Waals surface area contributed by atoms with Crippen molar-refractivity contribution in [1.29, 1.82) is 0 Å². The number of hydrogen-bond acceptors (Lipinski definition) is 5. The van der Waals surface area contributed by atoms with Crippen LogP contribution in [0, 0.1) is 13.8 Å². The second-order valence-corrected chi connectivity index (χ2v) is 4.69. The average molecular weight is 289 g/mol. The van der Waals surface area contributed by atoms with E-state index in [9.17, 15) is 4.79 Å². The summed E-state index contributed by atoms with van der Waals surface area (Å²) >= 11 is 0. The lowest BCUT2D eigenvalue weighted by molar-refractivity contribution is -0.115. The average Bonchev–Trinajstić information content (AvgIpc) is 2.78. The fourth-order valence-corrected chi connectivity index (χ4v) is 1.93. The number of nitrogens with two attached hydrogens (primary N) is 1. The summed E-state index contributed by atoms with van der Waals surface area (Å²) in [6, 6.07) is 7.16. The van der Waals surface area contributed by atoms with Gasteiger partial charge in [-0.15, -0.1) is 0 Å². The minimum Gasteiger partial charge on any atom is -0.492 e. The van der Waals surface area contributed by atoms with Crippen LogP contribution in [0.5, 0.6) is 5.75 Å². The molecule has 0 unspecified atom stereocenters. The Morgan fingerprint density at radius 2 is 2.05 bits per heavy atom. The lowest BCUT2D eigenvalue weighted by Crippen LogP contribution is -2.15. The van der Waals surface area contributed by atoms with Crippen LogP contribution < -0.4 is 15.8 Å². The van der Waals surface area contributed by atoms with Crippen molar-refractivity contribution in [3.05, 3.63) is 41.3 Å². The third-order valence-corrected chi connectivity index (χ3v) is 3.04. The molecule has 1 amide bonds. The van der Waals surface area contributed by atoms with E-state index in [2.05, 4.69) is 10.5 Å². The molecule has 0 atom stereocenters. The quantitative estimate of drug-likeness (QED) is 0.846. The van der Waals surface area contributed by atoms with Gasteiger partial charge in [0.15, 0.2) is 0 Å². The molecule has 1 heterocycles. The van der Waals surface area contributed by atoms with E-state index in [1.54, 1.807) is 31.2 Å². The van der Waals surface area contributed by atoms with Crippen molar-refractivity contribution in [2.75, 3.05) is 18.5 Å². The van der Waals surface area contributed by atoms with E-state index in [1.165, 1.54) is 0 Å². The highest BCUT2D eigenvalue weighted by atomic mass is 16.5. The van der Waals surface area contributed by atoms with Gasteiger partial charge in [0.2, 0.25) is 5.91 Å². The van der Waals surface area contributed by atoms with E-state index < -0.39 is 0 Å². The third kappa shape index (κ3) is 4.06. The predicted molar refractivity (Wildman–Crippen MR) is 79.3 cm³/mol. The molecular weight excluding hydrogens is 270 g/mol. The van der Waals surface area contributed by atoms with Crippen LogP contribution >= 0.6 is 0 Å². The Kier molecular flexibility index (Phi) is 4.94. The second kappa shape index (κ2) is 6.90. The van der Waals surface area contributed by atoms with Gasteiger partial charge in [0.05, 0.1) is 12.1 Å². The Morgan fingerprint density at radius 3 is 2.62 bits per heavy atom. The first-order valence-electron chi connectivity index (χ1n) is 6.74. The van der Waals surface area contributed by atoms with Crippen molar-refractivity contribution in [1.82, 2.24) is 5.16 Å². The van der Waals surface area contributed by atoms with Crippen molar-refractivity contribution in [3.8, 4) is 5.75 Å². The van der Waals surface area contributed by atoms with Crippen LogP contribution in [0.3, 0.4) is 0 Å². The van der Waals surface area contributed by atoms with Crippen molar-refractivity contribution < 1.29 is 14.1 Å². The minimum absolute atomic E-state index is 0.111. The molecule has 6 nitrogen and oxygen atoms in total. The van der Waals surface area contributed by atoms with Crippen LogP contribution in [0.4, 0.5) is 5.69 Å². The molecule has 2 rings (SSSR count). The number of carbonyl (C=O) groups is 1. The van der Waals surface area contributed by atoms with E-state index in [-0.39, 0.29) is 12.3 Å². The molecular formula is C15H19N3O3. The molecule has 0 aliphatic heterocycles. The second-order valence-electron chi connectivity index (χ2n) is 4.69. The lowest BCUT2D eigenvalue weighted by atomic mass is 10.1. The van der Waals surface area contributed by atoms with Crippen LogP contribution in [0.15, 0.2) is 28.8 Å². The maximum Gasteiger partial charge on any atom is 0.228 e. The van der Waals surface area contributed by atoms with E-state index >= 15 is 0 Å². The zero-order valence-corrected chi connectivity index (χ0v) is 12.2. The summed E-state index contributed by atoms with van der Waals surface area (Å²) in [5.74, 6) is 1.29. The Bertz CT molecular complexity index is 586. The first-order valence-corrected chi connectivity index (χ1v) is 6.74. The maximum atomic E-state index is 12.0. The van der Waals surface area contributed by atoms with E-state index in [0.29, 0.717) is 24.6 Å². The highest BCUT2D eigenvalue weighted by molar-refractivity contribution is 5.92. The summed E-state index contributed by atoms with van der Waals surface area (Å²) in [7, 11) is 0. The summed E-state index contributed by atoms with van der Waals surface area (Å²) in [5, 5.41) is 6.66. The Morgan fingerprint density at radius 1 is 1.33 bits per heavy atom. The molecule has 0 saturated carbocycles. The van der Waals surface area contributed by atoms with Crippen molar-refractivity contribution in [2.24, 2.45) is 5.73 Å². The molecule has 1 aromatic heterocycles. The van der Waals surface area contributed by atoms with Crippen molar-refractivity contribution in [2.45, 2.75) is 20.3 Å². The van der Waals surface area contributed by atoms with Gasteiger partial charge in [-0.3, -0.25) is 4.79 Å². The van der Waals surface area contributed by atoms with Gasteiger partial charge in [-0.1, -0.05) is 5.16 Å². The summed E-state index contributed by atoms with van der Waals surface area (Å²) in [5.41, 5.74) is 7.65. The van der Waals surface area contributed by atoms with Crippen LogP contribution in [0.1, 0.15) is 17.0 Å². The number of rotatable bonds is 6. The molecule has 0 aliphatic carbocycles. The van der Waals surface area contributed by atoms with Gasteiger partial charge in [0.1, 0.15) is 18.1 Å². The number of aromatic nitrogens is 1. The number of anilines is 1. The smallest absolute Gasteiger partial charge is 0.228 e. The molecule has 0 fully saturated rings. The number of benzene rings is 1. The number of ether oxygens (including phenoxy) is 1. The molecule has 6 heteroatoms. The Labute approximate surface area is 123 Å². The molecule has 2 aromatic rings. The van der Waals surface area contributed by atoms with E-state index in [0.717, 1.165) is 17.0 Å². The van der Waals surface area contributed by atoms with Gasteiger partial charge < -0.3 is 20.3 Å².